The van der Waals surface area contributed by atoms with E-state index >= 15 is 0 Å². The molecule has 0 bridgehead atoms. The third kappa shape index (κ3) is 3.75. The van der Waals surface area contributed by atoms with Gasteiger partial charge in [0.1, 0.15) is 5.00 Å². The Hall–Kier alpha value is -1.79. The third-order valence-electron chi connectivity index (χ3n) is 4.48. The van der Waals surface area contributed by atoms with Gasteiger partial charge < -0.3 is 10.1 Å². The number of anilines is 1. The molecule has 1 aromatic carbocycles. The molecule has 3 rings (SSSR count). The summed E-state index contributed by atoms with van der Waals surface area (Å²) in [5.74, 6) is 0.0174. The molecule has 1 N–H and O–H groups in total. The molecule has 2 aromatic rings. The molecule has 1 heterocycles. The van der Waals surface area contributed by atoms with Crippen LogP contribution in [0.15, 0.2) is 29.2 Å². The first-order valence-corrected chi connectivity index (χ1v) is 10.3. The van der Waals surface area contributed by atoms with Gasteiger partial charge in [-0.3, -0.25) is 4.79 Å². The molecule has 1 unspecified atom stereocenters. The summed E-state index contributed by atoms with van der Waals surface area (Å²) < 4.78 is 4.96. The van der Waals surface area contributed by atoms with Crippen LogP contribution in [0.4, 0.5) is 5.00 Å². The summed E-state index contributed by atoms with van der Waals surface area (Å²) in [6, 6.07) is 7.44. The van der Waals surface area contributed by atoms with Gasteiger partial charge in [0, 0.05) is 15.3 Å². The van der Waals surface area contributed by atoms with Crippen LogP contribution in [-0.4, -0.2) is 25.2 Å². The van der Waals surface area contributed by atoms with E-state index in [-0.39, 0.29) is 11.9 Å². The summed E-state index contributed by atoms with van der Waals surface area (Å²) >= 11 is 3.13. The zero-order valence-corrected chi connectivity index (χ0v) is 16.2. The minimum atomic E-state index is -0.375. The lowest BCUT2D eigenvalue weighted by atomic mass is 9.88. The first-order valence-electron chi connectivity index (χ1n) is 8.21. The van der Waals surface area contributed by atoms with Crippen LogP contribution in [0.2, 0.25) is 0 Å². The lowest BCUT2D eigenvalue weighted by molar-refractivity contribution is 0.0601. The molecule has 4 nitrogen and oxygen atoms in total. The van der Waals surface area contributed by atoms with Crippen molar-refractivity contribution in [2.24, 2.45) is 5.92 Å². The zero-order chi connectivity index (χ0) is 18.0. The standard InChI is InChI=1S/C19H21NO3S2/c1-11-4-9-14-15(10-11)25-18(16(14)19(22)23-2)20-17(21)12-5-7-13(24-3)8-6-12/h5-8,11H,4,9-10H2,1-3H3,(H,20,21). The molecule has 1 aliphatic carbocycles. The summed E-state index contributed by atoms with van der Waals surface area (Å²) in [4.78, 5) is 27.2. The van der Waals surface area contributed by atoms with E-state index in [1.807, 2.05) is 18.4 Å². The number of carbonyl (C=O) groups excluding carboxylic acids is 2. The van der Waals surface area contributed by atoms with Gasteiger partial charge in [-0.25, -0.2) is 4.79 Å². The van der Waals surface area contributed by atoms with E-state index in [4.69, 9.17) is 4.74 Å². The van der Waals surface area contributed by atoms with Gasteiger partial charge >= 0.3 is 5.97 Å². The van der Waals surface area contributed by atoms with Crippen LogP contribution in [-0.2, 0) is 17.6 Å². The van der Waals surface area contributed by atoms with Crippen LogP contribution in [0.25, 0.3) is 0 Å². The van der Waals surface area contributed by atoms with E-state index in [2.05, 4.69) is 12.2 Å². The van der Waals surface area contributed by atoms with Gasteiger partial charge in [-0.05, 0) is 61.3 Å². The number of thioether (sulfide) groups is 1. The Morgan fingerprint density at radius 2 is 2.00 bits per heavy atom. The molecule has 1 atom stereocenters. The maximum absolute atomic E-state index is 12.6. The summed E-state index contributed by atoms with van der Waals surface area (Å²) in [5, 5.41) is 3.53. The van der Waals surface area contributed by atoms with Gasteiger partial charge in [-0.2, -0.15) is 0 Å². The summed E-state index contributed by atoms with van der Waals surface area (Å²) in [6.45, 7) is 2.21. The Labute approximate surface area is 156 Å². The van der Waals surface area contributed by atoms with Gasteiger partial charge in [0.15, 0.2) is 0 Å². The molecule has 0 saturated carbocycles. The number of carbonyl (C=O) groups is 2. The van der Waals surface area contributed by atoms with Crippen molar-refractivity contribution in [1.82, 2.24) is 0 Å². The SMILES string of the molecule is COC(=O)c1c(NC(=O)c2ccc(SC)cc2)sc2c1CCC(C)C2. The third-order valence-corrected chi connectivity index (χ3v) is 6.39. The molecular formula is C19H21NO3S2. The van der Waals surface area contributed by atoms with Gasteiger partial charge in [-0.15, -0.1) is 23.1 Å². The number of ether oxygens (including phenoxy) is 1. The van der Waals surface area contributed by atoms with Gasteiger partial charge in [0.05, 0.1) is 12.7 Å². The molecular weight excluding hydrogens is 354 g/mol. The Balaban J connectivity index is 1.90. The van der Waals surface area contributed by atoms with E-state index in [1.165, 1.54) is 23.3 Å². The van der Waals surface area contributed by atoms with Gasteiger partial charge in [-0.1, -0.05) is 6.92 Å². The molecule has 25 heavy (non-hydrogen) atoms. The van der Waals surface area contributed by atoms with Crippen molar-refractivity contribution in [3.8, 4) is 0 Å². The van der Waals surface area contributed by atoms with E-state index < -0.39 is 0 Å². The highest BCUT2D eigenvalue weighted by molar-refractivity contribution is 7.98. The van der Waals surface area contributed by atoms with Crippen LogP contribution >= 0.6 is 23.1 Å². The number of hydrogen-bond donors (Lipinski definition) is 1. The largest absolute Gasteiger partial charge is 0.465 e. The van der Waals surface area contributed by atoms with E-state index in [9.17, 15) is 9.59 Å². The van der Waals surface area contributed by atoms with Crippen molar-refractivity contribution >= 4 is 40.0 Å². The topological polar surface area (TPSA) is 55.4 Å². The number of hydrogen-bond acceptors (Lipinski definition) is 5. The molecule has 1 aliphatic rings. The van der Waals surface area contributed by atoms with E-state index in [1.54, 1.807) is 23.9 Å². The molecule has 0 saturated heterocycles. The average Bonchev–Trinajstić information content (AvgIpc) is 2.97. The second-order valence-corrected chi connectivity index (χ2v) is 8.21. The van der Waals surface area contributed by atoms with Crippen LogP contribution in [0.5, 0.6) is 0 Å². The molecule has 0 spiro atoms. The van der Waals surface area contributed by atoms with Crippen LogP contribution in [0, 0.1) is 5.92 Å². The number of esters is 1. The second-order valence-electron chi connectivity index (χ2n) is 6.23. The van der Waals surface area contributed by atoms with Crippen molar-refractivity contribution in [3.05, 3.63) is 45.8 Å². The zero-order valence-electron chi connectivity index (χ0n) is 14.5. The fourth-order valence-electron chi connectivity index (χ4n) is 3.07. The van der Waals surface area contributed by atoms with Crippen molar-refractivity contribution in [1.29, 1.82) is 0 Å². The smallest absolute Gasteiger partial charge is 0.341 e. The Bertz CT molecular complexity index is 796. The Morgan fingerprint density at radius 1 is 1.28 bits per heavy atom. The molecule has 132 valence electrons. The first-order chi connectivity index (χ1) is 12.0. The number of methoxy groups -OCH3 is 1. The molecule has 6 heteroatoms. The number of nitrogens with one attached hydrogen (secondary N) is 1. The fourth-order valence-corrected chi connectivity index (χ4v) is 4.88. The number of benzene rings is 1. The summed E-state index contributed by atoms with van der Waals surface area (Å²) in [6.07, 6.45) is 4.85. The number of amides is 1. The Morgan fingerprint density at radius 3 is 2.64 bits per heavy atom. The second kappa shape index (κ2) is 7.62. The highest BCUT2D eigenvalue weighted by Gasteiger charge is 2.29. The monoisotopic (exact) mass is 375 g/mol. The first kappa shape index (κ1) is 18.0. The minimum absolute atomic E-state index is 0.204. The minimum Gasteiger partial charge on any atom is -0.465 e. The van der Waals surface area contributed by atoms with Crippen molar-refractivity contribution < 1.29 is 14.3 Å². The quantitative estimate of drug-likeness (QED) is 0.625. The predicted molar refractivity (Wildman–Crippen MR) is 103 cm³/mol. The average molecular weight is 376 g/mol. The van der Waals surface area contributed by atoms with E-state index in [0.717, 1.165) is 29.7 Å². The van der Waals surface area contributed by atoms with E-state index in [0.29, 0.717) is 22.0 Å². The Kier molecular flexibility index (Phi) is 5.49. The summed E-state index contributed by atoms with van der Waals surface area (Å²) in [7, 11) is 1.38. The number of rotatable bonds is 4. The lowest BCUT2D eigenvalue weighted by Crippen LogP contribution is -2.16. The predicted octanol–water partition coefficient (Wildman–Crippen LogP) is 4.63. The van der Waals surface area contributed by atoms with Crippen molar-refractivity contribution in [2.45, 2.75) is 31.1 Å². The van der Waals surface area contributed by atoms with Crippen LogP contribution in [0.1, 0.15) is 44.5 Å². The fraction of sp³-hybridized carbons (Fsp3) is 0.368. The van der Waals surface area contributed by atoms with Gasteiger partial charge in [0.2, 0.25) is 0 Å². The molecule has 1 aromatic heterocycles. The maximum atomic E-state index is 12.6. The molecule has 1 amide bonds. The van der Waals surface area contributed by atoms with Crippen molar-refractivity contribution in [2.75, 3.05) is 18.7 Å². The molecule has 0 radical (unpaired) electrons. The van der Waals surface area contributed by atoms with Crippen LogP contribution in [0.3, 0.4) is 0 Å². The highest BCUT2D eigenvalue weighted by atomic mass is 32.2. The normalized spacial score (nSPS) is 16.2. The highest BCUT2D eigenvalue weighted by Crippen LogP contribution is 2.40. The lowest BCUT2D eigenvalue weighted by Gasteiger charge is -2.18. The molecule has 0 fully saturated rings. The van der Waals surface area contributed by atoms with Gasteiger partial charge in [0.25, 0.3) is 5.91 Å². The van der Waals surface area contributed by atoms with Crippen molar-refractivity contribution in [3.63, 3.8) is 0 Å². The molecule has 0 aliphatic heterocycles. The van der Waals surface area contributed by atoms with Crippen LogP contribution < -0.4 is 5.32 Å². The maximum Gasteiger partial charge on any atom is 0.341 e. The summed E-state index contributed by atoms with van der Waals surface area (Å²) in [5.41, 5.74) is 2.15. The number of fused-ring (bicyclic) bond motifs is 1. The number of thiophene rings is 1.